The van der Waals surface area contributed by atoms with Crippen molar-refractivity contribution in [2.45, 2.75) is 144 Å². The topological polar surface area (TPSA) is 40.5 Å². The quantitative estimate of drug-likeness (QED) is 0.322. The molecule has 2 heteroatoms. The lowest BCUT2D eigenvalue weighted by Gasteiger charge is -2.38. The normalized spacial score (nSPS) is 31.7. The van der Waals surface area contributed by atoms with Crippen LogP contribution in [-0.4, -0.2) is 22.4 Å². The molecular weight excluding hydrogens is 380 g/mol. The summed E-state index contributed by atoms with van der Waals surface area (Å²) in [4.78, 5) is 0. The lowest BCUT2D eigenvalue weighted by molar-refractivity contribution is 0.0229. The molecule has 0 aromatic carbocycles. The van der Waals surface area contributed by atoms with E-state index in [1.165, 1.54) is 77.0 Å². The number of unbranched alkanes of at least 4 members (excludes halogenated alkanes) is 1. The molecule has 0 aliphatic heterocycles. The molecule has 184 valence electrons. The Kier molecular flexibility index (Phi) is 11.4. The molecule has 2 saturated carbocycles. The first-order valence-electron chi connectivity index (χ1n) is 13.9. The molecule has 6 atom stereocenters. The van der Waals surface area contributed by atoms with E-state index in [1.807, 2.05) is 6.92 Å². The standard InChI is InChI=1S/C29H56O2/c1-21-14-16-25(17-15-21)28(31)20-26(23(3)30)12-8-7-10-22(2)18-24-11-9-13-27(19-24)29(4,5)6/h21-28,30-31H,7-20H2,1-6H3/t21?,22?,23-,24-,25?,26?,27?,28?/m0/s1. The lowest BCUT2D eigenvalue weighted by Crippen LogP contribution is -2.30. The van der Waals surface area contributed by atoms with Gasteiger partial charge in [-0.05, 0) is 92.8 Å². The summed E-state index contributed by atoms with van der Waals surface area (Å²) in [5.74, 6) is 4.21. The lowest BCUT2D eigenvalue weighted by atomic mass is 9.67. The third-order valence-electron chi connectivity index (χ3n) is 9.10. The highest BCUT2D eigenvalue weighted by Crippen LogP contribution is 2.42. The van der Waals surface area contributed by atoms with Crippen LogP contribution in [-0.2, 0) is 0 Å². The van der Waals surface area contributed by atoms with Crippen LogP contribution in [0.15, 0.2) is 0 Å². The summed E-state index contributed by atoms with van der Waals surface area (Å²) in [7, 11) is 0. The van der Waals surface area contributed by atoms with Crippen molar-refractivity contribution < 1.29 is 10.2 Å². The summed E-state index contributed by atoms with van der Waals surface area (Å²) in [5, 5.41) is 21.1. The first-order chi connectivity index (χ1) is 14.6. The Balaban J connectivity index is 1.65. The van der Waals surface area contributed by atoms with E-state index in [4.69, 9.17) is 0 Å². The largest absolute Gasteiger partial charge is 0.393 e. The molecule has 0 amide bonds. The van der Waals surface area contributed by atoms with Crippen LogP contribution in [0, 0.1) is 40.9 Å². The summed E-state index contributed by atoms with van der Waals surface area (Å²) in [5.41, 5.74) is 0.471. The van der Waals surface area contributed by atoms with E-state index in [-0.39, 0.29) is 18.1 Å². The van der Waals surface area contributed by atoms with Crippen molar-refractivity contribution >= 4 is 0 Å². The van der Waals surface area contributed by atoms with Gasteiger partial charge in [0, 0.05) is 0 Å². The number of hydrogen-bond donors (Lipinski definition) is 2. The maximum atomic E-state index is 10.8. The molecule has 0 saturated heterocycles. The van der Waals surface area contributed by atoms with Crippen molar-refractivity contribution in [3.63, 3.8) is 0 Å². The van der Waals surface area contributed by atoms with Gasteiger partial charge in [-0.25, -0.2) is 0 Å². The summed E-state index contributed by atoms with van der Waals surface area (Å²) < 4.78 is 0. The van der Waals surface area contributed by atoms with E-state index in [2.05, 4.69) is 34.6 Å². The van der Waals surface area contributed by atoms with Gasteiger partial charge in [0.1, 0.15) is 0 Å². The van der Waals surface area contributed by atoms with Gasteiger partial charge < -0.3 is 10.2 Å². The highest BCUT2D eigenvalue weighted by molar-refractivity contribution is 4.82. The predicted octanol–water partition coefficient (Wildman–Crippen LogP) is 8.00. The third-order valence-corrected chi connectivity index (χ3v) is 9.10. The van der Waals surface area contributed by atoms with Gasteiger partial charge in [0.2, 0.25) is 0 Å². The van der Waals surface area contributed by atoms with Crippen LogP contribution in [0.5, 0.6) is 0 Å². The molecule has 2 aliphatic carbocycles. The van der Waals surface area contributed by atoms with Crippen LogP contribution in [0.2, 0.25) is 0 Å². The summed E-state index contributed by atoms with van der Waals surface area (Å²) >= 11 is 0. The van der Waals surface area contributed by atoms with Crippen molar-refractivity contribution in [3.05, 3.63) is 0 Å². The molecule has 31 heavy (non-hydrogen) atoms. The van der Waals surface area contributed by atoms with Crippen LogP contribution >= 0.6 is 0 Å². The monoisotopic (exact) mass is 436 g/mol. The fourth-order valence-corrected chi connectivity index (χ4v) is 6.61. The van der Waals surface area contributed by atoms with Gasteiger partial charge in [0.05, 0.1) is 12.2 Å². The second-order valence-electron chi connectivity index (χ2n) is 13.0. The fourth-order valence-electron chi connectivity index (χ4n) is 6.61. The molecule has 0 aromatic rings. The Morgan fingerprint density at radius 1 is 0.871 bits per heavy atom. The number of hydrogen-bond acceptors (Lipinski definition) is 2. The maximum absolute atomic E-state index is 10.8. The van der Waals surface area contributed by atoms with Gasteiger partial charge in [-0.1, -0.05) is 79.6 Å². The molecule has 0 radical (unpaired) electrons. The van der Waals surface area contributed by atoms with Crippen LogP contribution < -0.4 is 0 Å². The average Bonchev–Trinajstić information content (AvgIpc) is 2.70. The maximum Gasteiger partial charge on any atom is 0.0572 e. The van der Waals surface area contributed by atoms with Gasteiger partial charge in [0.25, 0.3) is 0 Å². The van der Waals surface area contributed by atoms with Crippen LogP contribution in [0.3, 0.4) is 0 Å². The Bertz CT molecular complexity index is 472. The van der Waals surface area contributed by atoms with E-state index in [1.54, 1.807) is 0 Å². The molecule has 4 unspecified atom stereocenters. The minimum Gasteiger partial charge on any atom is -0.393 e. The van der Waals surface area contributed by atoms with Crippen molar-refractivity contribution in [1.82, 2.24) is 0 Å². The molecule has 0 spiro atoms. The third kappa shape index (κ3) is 9.75. The minimum absolute atomic E-state index is 0.215. The molecule has 2 rings (SSSR count). The van der Waals surface area contributed by atoms with E-state index in [0.29, 0.717) is 11.3 Å². The second kappa shape index (κ2) is 13.0. The Morgan fingerprint density at radius 3 is 2.13 bits per heavy atom. The van der Waals surface area contributed by atoms with E-state index in [9.17, 15) is 10.2 Å². The summed E-state index contributed by atoms with van der Waals surface area (Å²) in [6, 6.07) is 0. The predicted molar refractivity (Wildman–Crippen MR) is 134 cm³/mol. The van der Waals surface area contributed by atoms with E-state index < -0.39 is 0 Å². The van der Waals surface area contributed by atoms with Crippen molar-refractivity contribution in [1.29, 1.82) is 0 Å². The number of aliphatic hydroxyl groups is 2. The first kappa shape index (κ1) is 27.2. The Labute approximate surface area is 195 Å². The first-order valence-corrected chi connectivity index (χ1v) is 13.9. The SMILES string of the molecule is CC1CCC(C(O)CC(CCCCC(C)C[C@@H]2CCCC(C(C)(C)C)C2)[C@H](C)O)CC1. The minimum atomic E-state index is -0.300. The molecular formula is C29H56O2. The second-order valence-corrected chi connectivity index (χ2v) is 13.0. The van der Waals surface area contributed by atoms with Crippen LogP contribution in [0.4, 0.5) is 0 Å². The van der Waals surface area contributed by atoms with Gasteiger partial charge in [-0.15, -0.1) is 0 Å². The van der Waals surface area contributed by atoms with Gasteiger partial charge in [-0.2, -0.15) is 0 Å². The van der Waals surface area contributed by atoms with Crippen molar-refractivity contribution in [2.75, 3.05) is 0 Å². The molecule has 0 aromatic heterocycles. The van der Waals surface area contributed by atoms with Gasteiger partial charge in [0.15, 0.2) is 0 Å². The zero-order chi connectivity index (χ0) is 23.0. The molecule has 2 nitrogen and oxygen atoms in total. The molecule has 0 bridgehead atoms. The van der Waals surface area contributed by atoms with Gasteiger partial charge in [-0.3, -0.25) is 0 Å². The Morgan fingerprint density at radius 2 is 1.52 bits per heavy atom. The van der Waals surface area contributed by atoms with Crippen molar-refractivity contribution in [2.24, 2.45) is 40.9 Å². The smallest absolute Gasteiger partial charge is 0.0572 e. The molecule has 0 heterocycles. The number of rotatable bonds is 11. The Hall–Kier alpha value is -0.0800. The van der Waals surface area contributed by atoms with Crippen LogP contribution in [0.25, 0.3) is 0 Å². The van der Waals surface area contributed by atoms with E-state index in [0.717, 1.165) is 36.5 Å². The summed E-state index contributed by atoms with van der Waals surface area (Å²) in [6.45, 7) is 14.0. The molecule has 2 N–H and O–H groups in total. The highest BCUT2D eigenvalue weighted by atomic mass is 16.3. The average molecular weight is 437 g/mol. The number of aliphatic hydroxyl groups excluding tert-OH is 2. The van der Waals surface area contributed by atoms with Crippen LogP contribution in [0.1, 0.15) is 131 Å². The highest BCUT2D eigenvalue weighted by Gasteiger charge is 2.31. The molecule has 2 aliphatic rings. The molecule has 2 fully saturated rings. The summed E-state index contributed by atoms with van der Waals surface area (Å²) in [6.07, 6.45) is 17.2. The van der Waals surface area contributed by atoms with E-state index >= 15 is 0 Å². The fraction of sp³-hybridized carbons (Fsp3) is 1.00. The zero-order valence-electron chi connectivity index (χ0n) is 21.9. The van der Waals surface area contributed by atoms with Crippen molar-refractivity contribution in [3.8, 4) is 0 Å². The zero-order valence-corrected chi connectivity index (χ0v) is 21.9. The van der Waals surface area contributed by atoms with Gasteiger partial charge >= 0.3 is 0 Å².